The molecule has 0 aliphatic heterocycles. The number of carbonyl (C=O) groups excluding carboxylic acids is 1. The van der Waals surface area contributed by atoms with Crippen LogP contribution in [0.5, 0.6) is 5.75 Å². The number of amides is 1. The largest absolute Gasteiger partial charge is 0.497 e. The second-order valence-electron chi connectivity index (χ2n) is 5.77. The topological polar surface area (TPSA) is 53.3 Å². The summed E-state index contributed by atoms with van der Waals surface area (Å²) in [7, 11) is 1.61. The molecule has 128 valence electrons. The van der Waals surface area contributed by atoms with Crippen molar-refractivity contribution >= 4 is 11.6 Å². The van der Waals surface area contributed by atoms with Crippen molar-refractivity contribution in [3.63, 3.8) is 0 Å². The average Bonchev–Trinajstić information content (AvgIpc) is 2.72. The highest BCUT2D eigenvalue weighted by Crippen LogP contribution is 2.23. The van der Waals surface area contributed by atoms with Crippen molar-refractivity contribution < 1.29 is 9.53 Å². The van der Waals surface area contributed by atoms with Gasteiger partial charge in [0, 0.05) is 11.3 Å². The minimum Gasteiger partial charge on any atom is -0.497 e. The van der Waals surface area contributed by atoms with Gasteiger partial charge in [-0.05, 0) is 48.0 Å². The number of ether oxygens (including phenoxy) is 1. The van der Waals surface area contributed by atoms with Crippen LogP contribution in [-0.4, -0.2) is 13.0 Å². The molecule has 3 aromatic carbocycles. The fraction of sp³-hybridized carbons (Fsp3) is 0.0909. The lowest BCUT2D eigenvalue weighted by Gasteiger charge is -2.23. The molecule has 3 aromatic rings. The Hall–Kier alpha value is -3.58. The maximum absolute atomic E-state index is 13.2. The van der Waals surface area contributed by atoms with Gasteiger partial charge in [0.1, 0.15) is 5.75 Å². The van der Waals surface area contributed by atoms with E-state index >= 15 is 0 Å². The van der Waals surface area contributed by atoms with E-state index < -0.39 is 0 Å². The summed E-state index contributed by atoms with van der Waals surface area (Å²) in [5.41, 5.74) is 2.73. The summed E-state index contributed by atoms with van der Waals surface area (Å²) in [6, 6.07) is 26.0. The monoisotopic (exact) mass is 342 g/mol. The third kappa shape index (κ3) is 3.90. The smallest absolute Gasteiger partial charge is 0.258 e. The molecule has 0 saturated heterocycles. The van der Waals surface area contributed by atoms with E-state index in [1.165, 1.54) is 0 Å². The lowest BCUT2D eigenvalue weighted by molar-refractivity contribution is 0.0985. The van der Waals surface area contributed by atoms with Crippen molar-refractivity contribution in [2.24, 2.45) is 0 Å². The number of methoxy groups -OCH3 is 1. The zero-order valence-corrected chi connectivity index (χ0v) is 14.4. The molecule has 0 unspecified atom stereocenters. The molecule has 0 aromatic heterocycles. The Bertz CT molecular complexity index is 928. The fourth-order valence-corrected chi connectivity index (χ4v) is 2.69. The van der Waals surface area contributed by atoms with E-state index in [0.717, 1.165) is 17.0 Å². The van der Waals surface area contributed by atoms with Crippen molar-refractivity contribution in [3.05, 3.63) is 95.6 Å². The quantitative estimate of drug-likeness (QED) is 0.690. The van der Waals surface area contributed by atoms with E-state index in [1.807, 2.05) is 54.6 Å². The molecule has 26 heavy (non-hydrogen) atoms. The SMILES string of the molecule is COc1ccc(N(Cc2ccccc2)C(=O)c2cccc(C#N)c2)cc1. The lowest BCUT2D eigenvalue weighted by atomic mass is 10.1. The van der Waals surface area contributed by atoms with Crippen LogP contribution < -0.4 is 9.64 Å². The molecule has 0 saturated carbocycles. The van der Waals surface area contributed by atoms with E-state index in [9.17, 15) is 4.79 Å². The first-order chi connectivity index (χ1) is 12.7. The third-order valence-electron chi connectivity index (χ3n) is 4.05. The molecule has 0 fully saturated rings. The van der Waals surface area contributed by atoms with Crippen molar-refractivity contribution in [1.82, 2.24) is 0 Å². The van der Waals surface area contributed by atoms with Crippen molar-refractivity contribution in [2.45, 2.75) is 6.54 Å². The second kappa shape index (κ2) is 8.00. The number of anilines is 1. The molecule has 0 radical (unpaired) electrons. The molecule has 4 nitrogen and oxygen atoms in total. The first-order valence-electron chi connectivity index (χ1n) is 8.21. The number of rotatable bonds is 5. The standard InChI is InChI=1S/C22H18N2O2/c1-26-21-12-10-20(11-13-21)24(16-17-6-3-2-4-7-17)22(25)19-9-5-8-18(14-19)15-23/h2-14H,16H2,1H3. The van der Waals surface area contributed by atoms with E-state index in [2.05, 4.69) is 6.07 Å². The van der Waals surface area contributed by atoms with Crippen LogP contribution in [-0.2, 0) is 6.54 Å². The lowest BCUT2D eigenvalue weighted by Crippen LogP contribution is -2.30. The highest BCUT2D eigenvalue weighted by atomic mass is 16.5. The molecule has 0 aliphatic carbocycles. The van der Waals surface area contributed by atoms with Gasteiger partial charge < -0.3 is 9.64 Å². The summed E-state index contributed by atoms with van der Waals surface area (Å²) < 4.78 is 5.20. The number of carbonyl (C=O) groups is 1. The number of benzene rings is 3. The van der Waals surface area contributed by atoms with Crippen LogP contribution in [0.25, 0.3) is 0 Å². The normalized spacial score (nSPS) is 10.0. The first kappa shape index (κ1) is 17.2. The average molecular weight is 342 g/mol. The van der Waals surface area contributed by atoms with Gasteiger partial charge in [0.25, 0.3) is 5.91 Å². The van der Waals surface area contributed by atoms with Crippen molar-refractivity contribution in [2.75, 3.05) is 12.0 Å². The fourth-order valence-electron chi connectivity index (χ4n) is 2.69. The van der Waals surface area contributed by atoms with E-state index in [-0.39, 0.29) is 5.91 Å². The summed E-state index contributed by atoms with van der Waals surface area (Å²) in [6.07, 6.45) is 0. The van der Waals surface area contributed by atoms with Gasteiger partial charge in [-0.15, -0.1) is 0 Å². The Kier molecular flexibility index (Phi) is 5.31. The van der Waals surface area contributed by atoms with Gasteiger partial charge in [0.05, 0.1) is 25.3 Å². The van der Waals surface area contributed by atoms with Crippen LogP contribution in [0, 0.1) is 11.3 Å². The zero-order valence-electron chi connectivity index (χ0n) is 14.4. The molecular formula is C22H18N2O2. The second-order valence-corrected chi connectivity index (χ2v) is 5.77. The molecular weight excluding hydrogens is 324 g/mol. The molecule has 0 aliphatic rings. The molecule has 0 heterocycles. The molecule has 0 N–H and O–H groups in total. The zero-order chi connectivity index (χ0) is 18.4. The number of hydrogen-bond acceptors (Lipinski definition) is 3. The molecule has 3 rings (SSSR count). The van der Waals surface area contributed by atoms with Crippen LogP contribution in [0.15, 0.2) is 78.9 Å². The van der Waals surface area contributed by atoms with Crippen molar-refractivity contribution in [1.29, 1.82) is 5.26 Å². The minimum atomic E-state index is -0.156. The maximum Gasteiger partial charge on any atom is 0.258 e. The predicted molar refractivity (Wildman–Crippen MR) is 101 cm³/mol. The maximum atomic E-state index is 13.2. The Morgan fingerprint density at radius 2 is 1.73 bits per heavy atom. The molecule has 0 spiro atoms. The highest BCUT2D eigenvalue weighted by molar-refractivity contribution is 6.06. The van der Waals surface area contributed by atoms with Gasteiger partial charge in [-0.1, -0.05) is 36.4 Å². The summed E-state index contributed by atoms with van der Waals surface area (Å²) in [5.74, 6) is 0.573. The summed E-state index contributed by atoms with van der Waals surface area (Å²) in [5, 5.41) is 9.10. The van der Waals surface area contributed by atoms with Gasteiger partial charge >= 0.3 is 0 Å². The van der Waals surface area contributed by atoms with Crippen LogP contribution in [0.1, 0.15) is 21.5 Å². The molecule has 0 bridgehead atoms. The predicted octanol–water partition coefficient (Wildman–Crippen LogP) is 4.41. The molecule has 4 heteroatoms. The van der Waals surface area contributed by atoms with E-state index in [0.29, 0.717) is 17.7 Å². The Balaban J connectivity index is 1.98. The van der Waals surface area contributed by atoms with Crippen LogP contribution in [0.3, 0.4) is 0 Å². The number of nitriles is 1. The first-order valence-corrected chi connectivity index (χ1v) is 8.21. The third-order valence-corrected chi connectivity index (χ3v) is 4.05. The van der Waals surface area contributed by atoms with E-state index in [4.69, 9.17) is 10.00 Å². The van der Waals surface area contributed by atoms with Gasteiger partial charge in [-0.25, -0.2) is 0 Å². The van der Waals surface area contributed by atoms with Crippen LogP contribution in [0.4, 0.5) is 5.69 Å². The Morgan fingerprint density at radius 3 is 2.38 bits per heavy atom. The minimum absolute atomic E-state index is 0.156. The Labute approximate surface area is 152 Å². The highest BCUT2D eigenvalue weighted by Gasteiger charge is 2.18. The summed E-state index contributed by atoms with van der Waals surface area (Å²) in [6.45, 7) is 0.433. The number of nitrogens with zero attached hydrogens (tertiary/aromatic N) is 2. The van der Waals surface area contributed by atoms with Gasteiger partial charge in [-0.3, -0.25) is 4.79 Å². The number of hydrogen-bond donors (Lipinski definition) is 0. The van der Waals surface area contributed by atoms with E-state index in [1.54, 1.807) is 36.3 Å². The van der Waals surface area contributed by atoms with Gasteiger partial charge in [-0.2, -0.15) is 5.26 Å². The van der Waals surface area contributed by atoms with Crippen LogP contribution >= 0.6 is 0 Å². The summed E-state index contributed by atoms with van der Waals surface area (Å²) in [4.78, 5) is 14.9. The van der Waals surface area contributed by atoms with Crippen LogP contribution in [0.2, 0.25) is 0 Å². The van der Waals surface area contributed by atoms with Gasteiger partial charge in [0.2, 0.25) is 0 Å². The molecule has 1 amide bonds. The summed E-state index contributed by atoms with van der Waals surface area (Å²) >= 11 is 0. The Morgan fingerprint density at radius 1 is 1.00 bits per heavy atom. The van der Waals surface area contributed by atoms with Gasteiger partial charge in [0.15, 0.2) is 0 Å². The molecule has 0 atom stereocenters. The van der Waals surface area contributed by atoms with Crippen molar-refractivity contribution in [3.8, 4) is 11.8 Å².